The average Bonchev–Trinajstić information content (AvgIpc) is 3.05. The van der Waals surface area contributed by atoms with Gasteiger partial charge >= 0.3 is 17.2 Å². The molecule has 0 saturated carbocycles. The molecule has 0 saturated heterocycles. The summed E-state index contributed by atoms with van der Waals surface area (Å²) in [4.78, 5) is 5.87. The van der Waals surface area contributed by atoms with Crippen molar-refractivity contribution in [2.75, 3.05) is 36.0 Å². The first-order chi connectivity index (χ1) is 21.7. The molecule has 0 radical (unpaired) electrons. The summed E-state index contributed by atoms with van der Waals surface area (Å²) in [6.07, 6.45) is 0. The Hall–Kier alpha value is -4.07. The molecule has 0 aliphatic heterocycles. The maximum absolute atomic E-state index is 14.3. The molecule has 0 heterocycles. The minimum atomic E-state index is -6.30. The van der Waals surface area contributed by atoms with E-state index in [-0.39, 0.29) is 0 Å². The van der Waals surface area contributed by atoms with Crippen LogP contribution in [-0.2, 0) is 14.4 Å². The van der Waals surface area contributed by atoms with Gasteiger partial charge in [-0.25, -0.2) is 22.0 Å². The van der Waals surface area contributed by atoms with Crippen LogP contribution in [0.25, 0.3) is 0 Å². The monoisotopic (exact) mass is 672 g/mol. The Morgan fingerprint density at radius 1 is 0.565 bits per heavy atom. The fourth-order valence-corrected chi connectivity index (χ4v) is 6.44. The average molecular weight is 672 g/mol. The molecule has 0 aliphatic rings. The van der Waals surface area contributed by atoms with Crippen LogP contribution in [0.2, 0.25) is 0 Å². The summed E-state index contributed by atoms with van der Waals surface area (Å²) in [7, 11) is -2.95. The van der Waals surface area contributed by atoms with Gasteiger partial charge in [-0.1, -0.05) is 18.2 Å². The SMILES string of the molecule is CCN(CC)c1ccc([S+](=O)(Oc2ccccc2)c2ccc(N(CC)CC)cc2)cc1.Fc1c(F)c(F)c([B-](F)(F)F)c(F)c1F. The number of hydrogen-bond donors (Lipinski definition) is 0. The number of para-hydroxylation sites is 1. The number of nitrogens with zero attached hydrogens (tertiary/aromatic N) is 2. The molecular weight excluding hydrogens is 639 g/mol. The van der Waals surface area contributed by atoms with E-state index in [1.54, 1.807) is 0 Å². The Morgan fingerprint density at radius 3 is 1.24 bits per heavy atom. The Bertz CT molecular complexity index is 1540. The molecule has 4 aromatic carbocycles. The molecule has 4 rings (SSSR count). The van der Waals surface area contributed by atoms with Gasteiger partial charge in [0.15, 0.2) is 23.2 Å². The molecule has 0 N–H and O–H groups in total. The van der Waals surface area contributed by atoms with Gasteiger partial charge in [0.2, 0.25) is 9.79 Å². The van der Waals surface area contributed by atoms with Crippen molar-refractivity contribution in [3.05, 3.63) is 108 Å². The van der Waals surface area contributed by atoms with Gasteiger partial charge in [0.25, 0.3) is 0 Å². The zero-order chi connectivity index (χ0) is 34.2. The van der Waals surface area contributed by atoms with E-state index in [1.165, 1.54) is 0 Å². The molecule has 0 atom stereocenters. The summed E-state index contributed by atoms with van der Waals surface area (Å²) in [5.41, 5.74) is -0.495. The quantitative estimate of drug-likeness (QED) is 0.0525. The van der Waals surface area contributed by atoms with E-state index < -0.39 is 51.7 Å². The van der Waals surface area contributed by atoms with Gasteiger partial charge < -0.3 is 22.7 Å². The van der Waals surface area contributed by atoms with Crippen LogP contribution in [0.15, 0.2) is 88.7 Å². The van der Waals surface area contributed by atoms with E-state index in [2.05, 4.69) is 37.5 Å². The van der Waals surface area contributed by atoms with Crippen molar-refractivity contribution in [1.82, 2.24) is 0 Å². The fraction of sp³-hybridized carbons (Fsp3) is 0.250. The number of benzene rings is 4. The first-order valence-electron chi connectivity index (χ1n) is 14.4. The van der Waals surface area contributed by atoms with E-state index in [1.807, 2.05) is 78.9 Å². The maximum atomic E-state index is 14.3. The fourth-order valence-electron chi connectivity index (χ4n) is 4.60. The standard InChI is InChI=1S/C26H33N2O2S.C6BF8/c1-5-27(6-2)22-14-18-25(19-15-22)31(29,30-24-12-10-9-11-13-24)26-20-16-23(17-21-26)28(7-3)8-4;8-2-1(7(13,14)15)3(9)5(11)6(12)4(2)10/h9-21H,5-8H2,1-4H3;/q+1;-1. The highest BCUT2D eigenvalue weighted by Gasteiger charge is 2.39. The summed E-state index contributed by atoms with van der Waals surface area (Å²) in [6, 6.07) is 25.2. The molecule has 0 fully saturated rings. The molecule has 0 unspecified atom stereocenters. The molecule has 0 spiro atoms. The zero-order valence-electron chi connectivity index (χ0n) is 25.6. The Labute approximate surface area is 264 Å². The van der Waals surface area contributed by atoms with Gasteiger partial charge in [0.05, 0.1) is 0 Å². The molecule has 0 amide bonds. The number of anilines is 2. The van der Waals surface area contributed by atoms with Crippen LogP contribution in [0.3, 0.4) is 0 Å². The normalized spacial score (nSPS) is 11.5. The lowest BCUT2D eigenvalue weighted by Crippen LogP contribution is -2.41. The summed E-state index contributed by atoms with van der Waals surface area (Å²) in [5.74, 6) is -13.0. The van der Waals surface area contributed by atoms with Gasteiger partial charge in [0, 0.05) is 37.6 Å². The second-order valence-corrected chi connectivity index (χ2v) is 11.9. The Morgan fingerprint density at radius 2 is 0.913 bits per heavy atom. The van der Waals surface area contributed by atoms with E-state index in [9.17, 15) is 39.1 Å². The van der Waals surface area contributed by atoms with Gasteiger partial charge in [0.1, 0.15) is 11.6 Å². The predicted molar refractivity (Wildman–Crippen MR) is 167 cm³/mol. The van der Waals surface area contributed by atoms with Crippen molar-refractivity contribution >= 4 is 34.0 Å². The minimum Gasteiger partial charge on any atom is -0.445 e. The third-order valence-electron chi connectivity index (χ3n) is 7.08. The number of rotatable bonds is 11. The summed E-state index contributed by atoms with van der Waals surface area (Å²) in [6.45, 7) is 5.95. The summed E-state index contributed by atoms with van der Waals surface area (Å²) >= 11 is 0. The third-order valence-corrected chi connectivity index (χ3v) is 9.29. The van der Waals surface area contributed by atoms with Crippen LogP contribution in [0.4, 0.5) is 46.3 Å². The highest BCUT2D eigenvalue weighted by Crippen LogP contribution is 2.34. The molecule has 0 bridgehead atoms. The third kappa shape index (κ3) is 8.01. The predicted octanol–water partition coefficient (Wildman–Crippen LogP) is 8.73. The van der Waals surface area contributed by atoms with Crippen LogP contribution >= 0.6 is 0 Å². The number of halogens is 8. The summed E-state index contributed by atoms with van der Waals surface area (Å²) < 4.78 is 118. The molecule has 248 valence electrons. The molecule has 46 heavy (non-hydrogen) atoms. The second-order valence-electron chi connectivity index (χ2n) is 9.79. The topological polar surface area (TPSA) is 32.8 Å². The zero-order valence-corrected chi connectivity index (χ0v) is 26.4. The molecule has 4 nitrogen and oxygen atoms in total. The lowest BCUT2D eigenvalue weighted by atomic mass is 9.79. The first kappa shape index (κ1) is 36.4. The largest absolute Gasteiger partial charge is 0.515 e. The minimum absolute atomic E-state index is 0.591. The van der Waals surface area contributed by atoms with E-state index in [4.69, 9.17) is 4.18 Å². The van der Waals surface area contributed by atoms with Gasteiger partial charge in [-0.05, 0) is 98.0 Å². The van der Waals surface area contributed by atoms with Crippen LogP contribution in [0, 0.1) is 29.1 Å². The first-order valence-corrected chi connectivity index (χ1v) is 15.9. The van der Waals surface area contributed by atoms with Crippen molar-refractivity contribution < 1.29 is 43.3 Å². The van der Waals surface area contributed by atoms with Crippen LogP contribution in [0.5, 0.6) is 5.75 Å². The van der Waals surface area contributed by atoms with Crippen molar-refractivity contribution in [2.45, 2.75) is 37.5 Å². The lowest BCUT2D eigenvalue weighted by Gasteiger charge is -2.22. The van der Waals surface area contributed by atoms with E-state index in [0.29, 0.717) is 15.5 Å². The van der Waals surface area contributed by atoms with E-state index >= 15 is 0 Å². The lowest BCUT2D eigenvalue weighted by molar-refractivity contribution is 0.377. The second kappa shape index (κ2) is 15.5. The van der Waals surface area contributed by atoms with Crippen LogP contribution < -0.4 is 19.4 Å². The van der Waals surface area contributed by atoms with Gasteiger partial charge in [-0.2, -0.15) is 0 Å². The molecule has 4 aromatic rings. The van der Waals surface area contributed by atoms with Crippen LogP contribution in [0.1, 0.15) is 27.7 Å². The highest BCUT2D eigenvalue weighted by molar-refractivity contribution is 7.99. The molecule has 0 aliphatic carbocycles. The van der Waals surface area contributed by atoms with Crippen molar-refractivity contribution in [3.8, 4) is 5.75 Å². The highest BCUT2D eigenvalue weighted by atomic mass is 32.3. The molecule has 14 heteroatoms. The Balaban J connectivity index is 0.000000322. The van der Waals surface area contributed by atoms with Crippen molar-refractivity contribution in [2.24, 2.45) is 0 Å². The summed E-state index contributed by atoms with van der Waals surface area (Å²) in [5, 5.41) is 0. The van der Waals surface area contributed by atoms with Gasteiger partial charge in [-0.15, -0.1) is 0 Å². The number of hydrogen-bond acceptors (Lipinski definition) is 4. The Kier molecular flexibility index (Phi) is 12.3. The van der Waals surface area contributed by atoms with Crippen molar-refractivity contribution in [1.29, 1.82) is 0 Å². The van der Waals surface area contributed by atoms with Crippen molar-refractivity contribution in [3.63, 3.8) is 0 Å². The molecule has 0 aromatic heterocycles. The molecular formula is C32H33BF8N2O2S. The van der Waals surface area contributed by atoms with Gasteiger partial charge in [-0.3, -0.25) is 4.18 Å². The van der Waals surface area contributed by atoms with Crippen LogP contribution in [-0.4, -0.2) is 33.2 Å². The maximum Gasteiger partial charge on any atom is 0.515 e. The van der Waals surface area contributed by atoms with E-state index in [0.717, 1.165) is 37.6 Å². The smallest absolute Gasteiger partial charge is 0.445 e.